The molecule has 0 radical (unpaired) electrons. The first-order valence-electron chi connectivity index (χ1n) is 0.516. The van der Waals surface area contributed by atoms with Crippen LogP contribution < -0.4 is 0 Å². The summed E-state index contributed by atoms with van der Waals surface area (Å²) in [5.74, 6) is 0. The van der Waals surface area contributed by atoms with E-state index >= 15 is 0 Å². The Hall–Kier alpha value is -1.02. The number of hydrogen-bond acceptors (Lipinski definition) is 2. The molecular formula is C3H6N2. The Morgan fingerprint density at radius 3 is 0.800 bits per heavy atom. The normalized spacial score (nSPS) is 0.800. The highest BCUT2D eigenvalue weighted by Crippen LogP contribution is 0.588. The van der Waals surface area contributed by atoms with Crippen LogP contribution in [0.2, 0.25) is 0 Å². The SMILES string of the molecule is C.C#N.C#N. The molecule has 0 heterocycles. The number of nitriles is 2. The van der Waals surface area contributed by atoms with Crippen molar-refractivity contribution in [1.29, 1.82) is 10.5 Å². The third kappa shape index (κ3) is 2.75. The third-order valence-electron chi connectivity index (χ3n) is 0. The fraction of sp³-hybridized carbons (Fsp3) is 0.333. The molecule has 0 bridgehead atoms. The lowest BCUT2D eigenvalue weighted by Crippen LogP contribution is -0.569. The molecule has 0 saturated heterocycles. The van der Waals surface area contributed by atoms with Gasteiger partial charge in [0.2, 0.25) is 0 Å². The third-order valence-corrected chi connectivity index (χ3v) is 0. The Morgan fingerprint density at radius 1 is 0.800 bits per heavy atom. The Balaban J connectivity index is -0.0000000133. The topological polar surface area (TPSA) is 47.6 Å². The van der Waals surface area contributed by atoms with Gasteiger partial charge in [-0.25, -0.2) is 10.5 Å². The predicted molar refractivity (Wildman–Crippen MR) is 20.1 cm³/mol. The fourth-order valence-corrected chi connectivity index (χ4v) is 0. The van der Waals surface area contributed by atoms with E-state index in [1.807, 2.05) is 0 Å². The summed E-state index contributed by atoms with van der Waals surface area (Å²) in [6, 6.07) is 0. The Morgan fingerprint density at radius 2 is 0.800 bits per heavy atom. The monoisotopic (exact) mass is 70.1 g/mol. The van der Waals surface area contributed by atoms with Gasteiger partial charge in [-0.05, 0) is 0 Å². The molecular weight excluding hydrogens is 64.0 g/mol. The molecule has 2 nitrogen and oxygen atoms in total. The first-order chi connectivity index (χ1) is 2.00. The van der Waals surface area contributed by atoms with Crippen molar-refractivity contribution in [2.75, 3.05) is 0 Å². The van der Waals surface area contributed by atoms with Gasteiger partial charge in [0.1, 0.15) is 0 Å². The van der Waals surface area contributed by atoms with Gasteiger partial charge in [0.05, 0.1) is 0 Å². The van der Waals surface area contributed by atoms with Gasteiger partial charge in [-0.3, -0.25) is 0 Å². The quantitative estimate of drug-likeness (QED) is 0.425. The van der Waals surface area contributed by atoms with Crippen LogP contribution in [-0.4, -0.2) is 0 Å². The minimum atomic E-state index is 0. The zero-order valence-electron chi connectivity index (χ0n) is 2.05. The molecule has 0 saturated carbocycles. The van der Waals surface area contributed by atoms with Crippen LogP contribution in [0.25, 0.3) is 0 Å². The summed E-state index contributed by atoms with van der Waals surface area (Å²) in [4.78, 5) is 0. The molecule has 0 rings (SSSR count). The predicted octanol–water partition coefficient (Wildman–Crippen LogP) is 0.916. The molecule has 0 aromatic carbocycles. The van der Waals surface area contributed by atoms with Crippen molar-refractivity contribution in [2.45, 2.75) is 7.43 Å². The molecule has 28 valence electrons. The average molecular weight is 70.1 g/mol. The molecule has 5 heavy (non-hydrogen) atoms. The lowest BCUT2D eigenvalue weighted by Gasteiger charge is -0.668. The van der Waals surface area contributed by atoms with Gasteiger partial charge < -0.3 is 0 Å². The maximum absolute atomic E-state index is 6.50. The zero-order valence-corrected chi connectivity index (χ0v) is 2.05. The molecule has 0 aromatic rings. The van der Waals surface area contributed by atoms with Crippen LogP contribution in [-0.2, 0) is 0 Å². The Labute approximate surface area is 32.3 Å². The average Bonchev–Trinajstić information content (AvgIpc) is 1.50. The molecule has 0 spiro atoms. The highest BCUT2D eigenvalue weighted by Gasteiger charge is 0.515. The molecule has 0 N–H and O–H groups in total. The molecule has 0 atom stereocenters. The second kappa shape index (κ2) is 11.2. The molecule has 2 heteroatoms. The minimum absolute atomic E-state index is 0. The largest absolute Gasteiger partial charge is 0.202 e. The van der Waals surface area contributed by atoms with E-state index in [1.165, 1.54) is 0 Å². The molecule has 0 fully saturated rings. The van der Waals surface area contributed by atoms with Gasteiger partial charge in [0, 0.05) is 13.1 Å². The maximum atomic E-state index is 6.50. The van der Waals surface area contributed by atoms with Crippen molar-refractivity contribution >= 4 is 0 Å². The Kier molecular flexibility index (Phi) is 82.6. The molecule has 0 unspecified atom stereocenters. The molecule has 0 aliphatic carbocycles. The number of nitrogens with zero attached hydrogens (tertiary/aromatic N) is 2. The summed E-state index contributed by atoms with van der Waals surface area (Å²) in [6.07, 6.45) is 0. The fourth-order valence-electron chi connectivity index (χ4n) is 0. The zero-order chi connectivity index (χ0) is 4.00. The summed E-state index contributed by atoms with van der Waals surface area (Å²) in [5.41, 5.74) is 0. The van der Waals surface area contributed by atoms with Crippen LogP contribution in [0.1, 0.15) is 7.43 Å². The van der Waals surface area contributed by atoms with Crippen LogP contribution in [0.3, 0.4) is 0 Å². The van der Waals surface area contributed by atoms with E-state index < -0.39 is 0 Å². The van der Waals surface area contributed by atoms with E-state index in [9.17, 15) is 0 Å². The van der Waals surface area contributed by atoms with E-state index in [0.717, 1.165) is 0 Å². The van der Waals surface area contributed by atoms with Crippen LogP contribution >= 0.6 is 0 Å². The van der Waals surface area contributed by atoms with Crippen molar-refractivity contribution in [3.05, 3.63) is 0 Å². The molecule has 0 aliphatic heterocycles. The van der Waals surface area contributed by atoms with Crippen LogP contribution in [0.15, 0.2) is 0 Å². The molecule has 0 amide bonds. The minimum Gasteiger partial charge on any atom is -0.202 e. The number of rotatable bonds is 0. The second-order valence-corrected chi connectivity index (χ2v) is 0. The highest BCUT2D eigenvalue weighted by atomic mass is 14.2. The van der Waals surface area contributed by atoms with Crippen molar-refractivity contribution < 1.29 is 0 Å². The lowest BCUT2D eigenvalue weighted by atomic mass is 11.9. The van der Waals surface area contributed by atoms with Gasteiger partial charge >= 0.3 is 0 Å². The van der Waals surface area contributed by atoms with Crippen LogP contribution in [0.4, 0.5) is 0 Å². The van der Waals surface area contributed by atoms with E-state index in [2.05, 4.69) is 13.1 Å². The molecule has 0 aromatic heterocycles. The summed E-state index contributed by atoms with van der Waals surface area (Å²) >= 11 is 0. The summed E-state index contributed by atoms with van der Waals surface area (Å²) < 4.78 is 0. The van der Waals surface area contributed by atoms with Crippen LogP contribution in [0.5, 0.6) is 0 Å². The second-order valence-electron chi connectivity index (χ2n) is 0. The maximum Gasteiger partial charge on any atom is 0.0462 e. The summed E-state index contributed by atoms with van der Waals surface area (Å²) in [5, 5.41) is 13.0. The van der Waals surface area contributed by atoms with Gasteiger partial charge in [-0.15, -0.1) is 0 Å². The Bertz CT molecular complexity index is 20.4. The summed E-state index contributed by atoms with van der Waals surface area (Å²) in [7, 11) is 0. The standard InChI is InChI=1S/2CHN.CH4/c2*1-2;/h2*1H;1H4. The summed E-state index contributed by atoms with van der Waals surface area (Å²) in [6.45, 7) is 7.00. The first kappa shape index (κ1) is 36.8. The first-order valence-corrected chi connectivity index (χ1v) is 0.516. The van der Waals surface area contributed by atoms with E-state index in [4.69, 9.17) is 10.5 Å². The van der Waals surface area contributed by atoms with Gasteiger partial charge in [0.15, 0.2) is 0 Å². The van der Waals surface area contributed by atoms with Gasteiger partial charge in [-0.1, -0.05) is 7.43 Å². The van der Waals surface area contributed by atoms with Crippen molar-refractivity contribution in [1.82, 2.24) is 0 Å². The van der Waals surface area contributed by atoms with E-state index in [-0.39, 0.29) is 7.43 Å². The number of hydrogen-bond donors (Lipinski definition) is 0. The van der Waals surface area contributed by atoms with Gasteiger partial charge in [0.25, 0.3) is 0 Å². The van der Waals surface area contributed by atoms with Crippen molar-refractivity contribution in [2.24, 2.45) is 0 Å². The van der Waals surface area contributed by atoms with Crippen LogP contribution in [0, 0.1) is 23.7 Å². The molecule has 0 aliphatic rings. The highest BCUT2D eigenvalue weighted by molar-refractivity contribution is 4.03. The smallest absolute Gasteiger partial charge is 0.0462 e. The van der Waals surface area contributed by atoms with E-state index in [0.29, 0.717) is 0 Å². The van der Waals surface area contributed by atoms with E-state index in [1.54, 1.807) is 0 Å². The lowest BCUT2D eigenvalue weighted by molar-refractivity contribution is 1.58. The van der Waals surface area contributed by atoms with Gasteiger partial charge in [-0.2, -0.15) is 0 Å². The van der Waals surface area contributed by atoms with Crippen molar-refractivity contribution in [3.63, 3.8) is 0 Å². The van der Waals surface area contributed by atoms with Crippen molar-refractivity contribution in [3.8, 4) is 13.1 Å².